The quantitative estimate of drug-likeness (QED) is 0.213. The van der Waals surface area contributed by atoms with Crippen LogP contribution in [0, 0.1) is 116 Å². The largest absolute Gasteiger partial charge is 0.0683 e. The zero-order valence-electron chi connectivity index (χ0n) is 47.4. The van der Waals surface area contributed by atoms with E-state index in [1.165, 1.54) is 61.7 Å². The molecule has 0 aromatic carbocycles. The van der Waals surface area contributed by atoms with Gasteiger partial charge in [0.05, 0.1) is 0 Å². The Hall–Kier alpha value is 0. The minimum atomic E-state index is 0.698. The maximum Gasteiger partial charge on any atom is -0.0318 e. The van der Waals surface area contributed by atoms with Gasteiger partial charge in [-0.25, -0.2) is 0 Å². The Morgan fingerprint density at radius 3 is 1.08 bits per heavy atom. The molecule has 0 heterocycles. The van der Waals surface area contributed by atoms with Gasteiger partial charge < -0.3 is 0 Å². The third-order valence-corrected chi connectivity index (χ3v) is 20.3. The summed E-state index contributed by atoms with van der Waals surface area (Å²) in [5.41, 5.74) is 2.82. The smallest absolute Gasteiger partial charge is 0.0318 e. The van der Waals surface area contributed by atoms with Crippen molar-refractivity contribution in [1.82, 2.24) is 0 Å². The SMILES string of the molecule is CC.CC.CC.CC.CC.CC.CC.CC1(C)CC2CC1C1C3CCC(C3)C21.CC1(C)CC2CC1C1CCCC21.CC1(C)CC2CC1C1CCCCC21.CC1(C)CC2CCC1C2. The Morgan fingerprint density at radius 2 is 0.661 bits per heavy atom. The van der Waals surface area contributed by atoms with Gasteiger partial charge in [0.1, 0.15) is 0 Å². The normalized spacial score (nSPS) is 42.9. The maximum atomic E-state index is 2.54. The van der Waals surface area contributed by atoms with Crippen LogP contribution in [-0.2, 0) is 0 Å². The van der Waals surface area contributed by atoms with Gasteiger partial charge in [-0.2, -0.15) is 0 Å². The van der Waals surface area contributed by atoms with Gasteiger partial charge in [0.25, 0.3) is 0 Å². The highest BCUT2D eigenvalue weighted by Crippen LogP contribution is 2.72. The van der Waals surface area contributed by atoms with Crippen molar-refractivity contribution in [2.45, 2.75) is 281 Å². The first-order valence-corrected chi connectivity index (χ1v) is 29.7. The van der Waals surface area contributed by atoms with Crippen LogP contribution in [0.4, 0.5) is 0 Å². The molecule has 0 radical (unpaired) electrons. The van der Waals surface area contributed by atoms with E-state index in [0.717, 1.165) is 65.1 Å². The third kappa shape index (κ3) is 12.2. The Balaban J connectivity index is 0.000000262. The van der Waals surface area contributed by atoms with Gasteiger partial charge in [-0.15, -0.1) is 0 Å². The van der Waals surface area contributed by atoms with Crippen molar-refractivity contribution in [1.29, 1.82) is 0 Å². The summed E-state index contributed by atoms with van der Waals surface area (Å²) < 4.78 is 0. The van der Waals surface area contributed by atoms with Gasteiger partial charge in [0, 0.05) is 0 Å². The summed E-state index contributed by atoms with van der Waals surface area (Å²) in [5.74, 6) is 18.3. The summed E-state index contributed by atoms with van der Waals surface area (Å²) in [5, 5.41) is 0. The Labute approximate surface area is 395 Å². The lowest BCUT2D eigenvalue weighted by Crippen LogP contribution is -2.36. The molecule has 10 bridgehead atoms. The number of fused-ring (bicyclic) bond motifs is 21. The van der Waals surface area contributed by atoms with Crippen molar-refractivity contribution in [2.75, 3.05) is 0 Å². The van der Waals surface area contributed by atoms with E-state index in [9.17, 15) is 0 Å². The summed E-state index contributed by atoms with van der Waals surface area (Å²) in [6.45, 7) is 48.0. The minimum absolute atomic E-state index is 0.698. The lowest BCUT2D eigenvalue weighted by molar-refractivity contribution is 0.0583. The van der Waals surface area contributed by atoms with E-state index in [0.29, 0.717) is 21.7 Å². The predicted molar refractivity (Wildman–Crippen MR) is 283 cm³/mol. The summed E-state index contributed by atoms with van der Waals surface area (Å²) in [4.78, 5) is 0. The second-order valence-electron chi connectivity index (χ2n) is 24.3. The molecule has 12 aliphatic carbocycles. The molecule has 0 nitrogen and oxygen atoms in total. The summed E-state index contributed by atoms with van der Waals surface area (Å²) >= 11 is 0. The molecule has 0 aromatic rings. The molecule has 16 atom stereocenters. The van der Waals surface area contributed by atoms with Crippen LogP contribution in [0.25, 0.3) is 0 Å². The summed E-state index contributed by atoms with van der Waals surface area (Å²) in [6, 6.07) is 0. The second-order valence-corrected chi connectivity index (χ2v) is 24.3. The van der Waals surface area contributed by atoms with Crippen LogP contribution in [0.1, 0.15) is 281 Å². The van der Waals surface area contributed by atoms with Crippen LogP contribution >= 0.6 is 0 Å². The highest BCUT2D eigenvalue weighted by atomic mass is 14.7. The molecule has 12 rings (SSSR count). The fourth-order valence-corrected chi connectivity index (χ4v) is 18.7. The lowest BCUT2D eigenvalue weighted by Gasteiger charge is -2.43. The van der Waals surface area contributed by atoms with Crippen molar-refractivity contribution in [2.24, 2.45) is 116 Å². The summed E-state index contributed by atoms with van der Waals surface area (Å²) in [7, 11) is 0. The van der Waals surface area contributed by atoms with E-state index in [2.05, 4.69) is 55.4 Å². The van der Waals surface area contributed by atoms with Gasteiger partial charge in [-0.1, -0.05) is 178 Å². The van der Waals surface area contributed by atoms with Crippen LogP contribution < -0.4 is 0 Å². The lowest BCUT2D eigenvalue weighted by atomic mass is 9.62. The van der Waals surface area contributed by atoms with Gasteiger partial charge in [-0.05, 0) is 219 Å². The fraction of sp³-hybridized carbons (Fsp3) is 1.00. The van der Waals surface area contributed by atoms with Crippen molar-refractivity contribution in [3.8, 4) is 0 Å². The minimum Gasteiger partial charge on any atom is -0.0683 e. The van der Waals surface area contributed by atoms with Crippen LogP contribution in [0.3, 0.4) is 0 Å². The van der Waals surface area contributed by atoms with E-state index in [1.54, 1.807) is 96.3 Å². The Morgan fingerprint density at radius 1 is 0.274 bits per heavy atom. The topological polar surface area (TPSA) is 0 Å². The van der Waals surface area contributed by atoms with Gasteiger partial charge in [0.15, 0.2) is 0 Å². The molecule has 0 heteroatoms. The molecule has 12 aliphatic rings. The molecular weight excluding hydrogens is 745 g/mol. The van der Waals surface area contributed by atoms with E-state index in [4.69, 9.17) is 0 Å². The van der Waals surface area contributed by atoms with Crippen molar-refractivity contribution < 1.29 is 0 Å². The summed E-state index contributed by atoms with van der Waals surface area (Å²) in [6.07, 6.45) is 31.2. The maximum absolute atomic E-state index is 2.54. The Kier molecular flexibility index (Phi) is 24.3. The van der Waals surface area contributed by atoms with Crippen molar-refractivity contribution in [3.05, 3.63) is 0 Å². The van der Waals surface area contributed by atoms with E-state index >= 15 is 0 Å². The molecule has 0 saturated heterocycles. The van der Waals surface area contributed by atoms with Crippen LogP contribution in [0.15, 0.2) is 0 Å². The number of hydrogen-bond donors (Lipinski definition) is 0. The van der Waals surface area contributed by atoms with E-state index in [1.807, 2.05) is 96.9 Å². The Bertz CT molecular complexity index is 1180. The number of hydrogen-bond acceptors (Lipinski definition) is 0. The highest BCUT2D eigenvalue weighted by molar-refractivity contribution is 5.13. The first-order valence-electron chi connectivity index (χ1n) is 29.7. The molecular formula is C62H122. The molecule has 0 aromatic heterocycles. The van der Waals surface area contributed by atoms with Crippen molar-refractivity contribution in [3.63, 3.8) is 0 Å². The van der Waals surface area contributed by atoms with Gasteiger partial charge in [0.2, 0.25) is 0 Å². The molecule has 12 fully saturated rings. The molecule has 0 aliphatic heterocycles. The highest BCUT2D eigenvalue weighted by Gasteiger charge is 2.64. The fourth-order valence-electron chi connectivity index (χ4n) is 18.7. The molecule has 16 unspecified atom stereocenters. The zero-order chi connectivity index (χ0) is 47.4. The van der Waals surface area contributed by atoms with Gasteiger partial charge in [-0.3, -0.25) is 0 Å². The zero-order valence-corrected chi connectivity index (χ0v) is 47.4. The van der Waals surface area contributed by atoms with Crippen LogP contribution in [0.2, 0.25) is 0 Å². The molecule has 370 valence electrons. The van der Waals surface area contributed by atoms with Crippen molar-refractivity contribution >= 4 is 0 Å². The molecule has 0 amide bonds. The average Bonchev–Trinajstić information content (AvgIpc) is 4.13. The third-order valence-electron chi connectivity index (χ3n) is 20.3. The van der Waals surface area contributed by atoms with Crippen LogP contribution in [0.5, 0.6) is 0 Å². The number of rotatable bonds is 0. The first kappa shape index (κ1) is 58.1. The monoisotopic (exact) mass is 867 g/mol. The standard InChI is InChI=1S/C14H22.C13H22.C12H20.C9H16.7C2H6/c1-14(2)7-10-6-11(14)13-9-4-3-8(5-9)12(10)13;1-13(2)8-9-7-12(13)11-6-4-3-5-10(9)11;1-12(2)7-8-6-11(12)10-5-3-4-9(8)10;1-9(2)6-7-3-4-8(9)5-7;7*1-2/h8-13H,3-7H2,1-2H3;9-12H,3-8H2,1-2H3;8-11H,3-7H2,1-2H3;7-8H,3-6H2,1-2H3;7*1-2H3. The molecule has 0 N–H and O–H groups in total. The molecule has 12 saturated carbocycles. The second kappa shape index (κ2) is 25.9. The molecule has 62 heavy (non-hydrogen) atoms. The van der Waals surface area contributed by atoms with E-state index < -0.39 is 0 Å². The average molecular weight is 868 g/mol. The van der Waals surface area contributed by atoms with Crippen LogP contribution in [-0.4, -0.2) is 0 Å². The first-order chi connectivity index (χ1) is 29.7. The van der Waals surface area contributed by atoms with Gasteiger partial charge >= 0.3 is 0 Å². The molecule has 0 spiro atoms. The predicted octanol–water partition coefficient (Wildman–Crippen LogP) is 21.1. The van der Waals surface area contributed by atoms with E-state index in [-0.39, 0.29) is 0 Å².